The maximum atomic E-state index is 13.8. The molecule has 1 aliphatic heterocycles. The molecule has 0 bridgehead atoms. The molecule has 1 aromatic rings. The number of hydrogen-bond acceptors (Lipinski definition) is 5. The van der Waals surface area contributed by atoms with Gasteiger partial charge in [0.15, 0.2) is 0 Å². The maximum absolute atomic E-state index is 13.8. The van der Waals surface area contributed by atoms with Crippen molar-refractivity contribution in [1.82, 2.24) is 20.0 Å². The zero-order chi connectivity index (χ0) is 26.5. The standard InChI is InChI=1S/C27H42FN5O3/c1-21(2)12-17-33(26(35)18-30-13-11-23-9-4-5-10-24(23)28)20-27(36)32(19-25(29)34)16-7-15-31-14-6-8-22(31)3/h4-5,9-10,21,30H,3,6-8,11-20H2,1-2H3,(H2,29,34). The summed E-state index contributed by atoms with van der Waals surface area (Å²) >= 11 is 0. The van der Waals surface area contributed by atoms with E-state index >= 15 is 0 Å². The van der Waals surface area contributed by atoms with Crippen LogP contribution >= 0.6 is 0 Å². The van der Waals surface area contributed by atoms with Gasteiger partial charge in [-0.05, 0) is 56.2 Å². The molecular weight excluding hydrogens is 461 g/mol. The summed E-state index contributed by atoms with van der Waals surface area (Å²) in [6.45, 7) is 10.9. The molecule has 1 fully saturated rings. The molecule has 0 saturated carbocycles. The molecule has 1 heterocycles. The Kier molecular flexibility index (Phi) is 12.4. The molecule has 9 heteroatoms. The van der Waals surface area contributed by atoms with Gasteiger partial charge in [-0.3, -0.25) is 14.4 Å². The van der Waals surface area contributed by atoms with E-state index in [1.165, 1.54) is 15.9 Å². The fourth-order valence-electron chi connectivity index (χ4n) is 4.19. The number of allylic oxidation sites excluding steroid dienone is 1. The second-order valence-corrected chi connectivity index (χ2v) is 9.81. The van der Waals surface area contributed by atoms with Gasteiger partial charge >= 0.3 is 0 Å². The van der Waals surface area contributed by atoms with E-state index in [0.717, 1.165) is 38.0 Å². The largest absolute Gasteiger partial charge is 0.375 e. The number of amides is 3. The lowest BCUT2D eigenvalue weighted by molar-refractivity contribution is -0.141. The third-order valence-electron chi connectivity index (χ3n) is 6.36. The van der Waals surface area contributed by atoms with Crippen LogP contribution in [0.2, 0.25) is 0 Å². The molecule has 3 N–H and O–H groups in total. The van der Waals surface area contributed by atoms with E-state index in [0.29, 0.717) is 44.0 Å². The van der Waals surface area contributed by atoms with Crippen molar-refractivity contribution in [2.75, 3.05) is 52.4 Å². The molecule has 3 amide bonds. The monoisotopic (exact) mass is 503 g/mol. The number of carbonyl (C=O) groups excluding carboxylic acids is 3. The van der Waals surface area contributed by atoms with E-state index in [-0.39, 0.29) is 37.3 Å². The van der Waals surface area contributed by atoms with Gasteiger partial charge < -0.3 is 25.8 Å². The van der Waals surface area contributed by atoms with Crippen LogP contribution in [-0.4, -0.2) is 84.8 Å². The van der Waals surface area contributed by atoms with Crippen molar-refractivity contribution in [1.29, 1.82) is 0 Å². The molecule has 1 aromatic carbocycles. The first-order valence-corrected chi connectivity index (χ1v) is 12.9. The van der Waals surface area contributed by atoms with Gasteiger partial charge in [-0.1, -0.05) is 38.6 Å². The number of carbonyl (C=O) groups is 3. The molecule has 0 spiro atoms. The van der Waals surface area contributed by atoms with Crippen LogP contribution in [0.25, 0.3) is 0 Å². The molecule has 1 aliphatic rings. The van der Waals surface area contributed by atoms with Gasteiger partial charge in [0.1, 0.15) is 5.82 Å². The molecule has 8 nitrogen and oxygen atoms in total. The van der Waals surface area contributed by atoms with Gasteiger partial charge in [0.2, 0.25) is 17.7 Å². The summed E-state index contributed by atoms with van der Waals surface area (Å²) in [7, 11) is 0. The van der Waals surface area contributed by atoms with Crippen molar-refractivity contribution < 1.29 is 18.8 Å². The Balaban J connectivity index is 1.91. The summed E-state index contributed by atoms with van der Waals surface area (Å²) in [5.74, 6) is -0.982. The van der Waals surface area contributed by atoms with Crippen molar-refractivity contribution in [3.8, 4) is 0 Å². The quantitative estimate of drug-likeness (QED) is 0.337. The van der Waals surface area contributed by atoms with Crippen LogP contribution < -0.4 is 11.1 Å². The van der Waals surface area contributed by atoms with Gasteiger partial charge in [-0.25, -0.2) is 4.39 Å². The van der Waals surface area contributed by atoms with Gasteiger partial charge in [0.25, 0.3) is 0 Å². The summed E-state index contributed by atoms with van der Waals surface area (Å²) in [6.07, 6.45) is 3.98. The topological polar surface area (TPSA) is 99.0 Å². The molecule has 36 heavy (non-hydrogen) atoms. The number of halogens is 1. The zero-order valence-electron chi connectivity index (χ0n) is 21.8. The summed E-state index contributed by atoms with van der Waals surface area (Å²) < 4.78 is 13.8. The summed E-state index contributed by atoms with van der Waals surface area (Å²) in [6, 6.07) is 6.56. The molecule has 1 saturated heterocycles. The number of nitrogens with zero attached hydrogens (tertiary/aromatic N) is 3. The first-order chi connectivity index (χ1) is 17.2. The highest BCUT2D eigenvalue weighted by atomic mass is 19.1. The predicted molar refractivity (Wildman–Crippen MR) is 139 cm³/mol. The Labute approximate surface area is 214 Å². The van der Waals surface area contributed by atoms with Crippen LogP contribution in [0.15, 0.2) is 36.5 Å². The van der Waals surface area contributed by atoms with Crippen molar-refractivity contribution in [3.63, 3.8) is 0 Å². The summed E-state index contributed by atoms with van der Waals surface area (Å²) in [4.78, 5) is 42.9. The van der Waals surface area contributed by atoms with Crippen molar-refractivity contribution in [2.24, 2.45) is 11.7 Å². The lowest BCUT2D eigenvalue weighted by Crippen LogP contribution is -2.48. The second kappa shape index (κ2) is 15.2. The van der Waals surface area contributed by atoms with E-state index in [2.05, 4.69) is 30.6 Å². The fraction of sp³-hybridized carbons (Fsp3) is 0.593. The highest BCUT2D eigenvalue weighted by molar-refractivity contribution is 5.88. The van der Waals surface area contributed by atoms with E-state index in [1.807, 2.05) is 0 Å². The number of benzene rings is 1. The molecule has 0 radical (unpaired) electrons. The van der Waals surface area contributed by atoms with E-state index in [9.17, 15) is 18.8 Å². The molecule has 0 atom stereocenters. The number of rotatable bonds is 16. The third-order valence-corrected chi connectivity index (χ3v) is 6.36. The zero-order valence-corrected chi connectivity index (χ0v) is 21.8. The molecule has 200 valence electrons. The van der Waals surface area contributed by atoms with Crippen LogP contribution in [-0.2, 0) is 20.8 Å². The van der Waals surface area contributed by atoms with Gasteiger partial charge in [-0.2, -0.15) is 0 Å². The van der Waals surface area contributed by atoms with Crippen LogP contribution in [0.5, 0.6) is 0 Å². The minimum atomic E-state index is -0.580. The van der Waals surface area contributed by atoms with Gasteiger partial charge in [0, 0.05) is 31.9 Å². The highest BCUT2D eigenvalue weighted by Gasteiger charge is 2.23. The van der Waals surface area contributed by atoms with Crippen molar-refractivity contribution >= 4 is 17.7 Å². The van der Waals surface area contributed by atoms with E-state index in [4.69, 9.17) is 5.73 Å². The maximum Gasteiger partial charge on any atom is 0.242 e. The second-order valence-electron chi connectivity index (χ2n) is 9.81. The van der Waals surface area contributed by atoms with Crippen LogP contribution in [0.3, 0.4) is 0 Å². The Morgan fingerprint density at radius 3 is 2.50 bits per heavy atom. The van der Waals surface area contributed by atoms with Crippen molar-refractivity contribution in [3.05, 3.63) is 47.9 Å². The normalized spacial score (nSPS) is 13.3. The predicted octanol–water partition coefficient (Wildman–Crippen LogP) is 2.15. The first kappa shape index (κ1) is 29.3. The lowest BCUT2D eigenvalue weighted by Gasteiger charge is -2.28. The Hall–Kier alpha value is -2.94. The Bertz CT molecular complexity index is 892. The average Bonchev–Trinajstić information content (AvgIpc) is 3.23. The highest BCUT2D eigenvalue weighted by Crippen LogP contribution is 2.18. The molecule has 0 unspecified atom stereocenters. The summed E-state index contributed by atoms with van der Waals surface area (Å²) in [5, 5.41) is 3.06. The van der Waals surface area contributed by atoms with Crippen LogP contribution in [0.4, 0.5) is 4.39 Å². The lowest BCUT2D eigenvalue weighted by atomic mass is 10.1. The molecule has 0 aliphatic carbocycles. The van der Waals surface area contributed by atoms with Gasteiger partial charge in [-0.15, -0.1) is 0 Å². The number of nitrogens with one attached hydrogen (secondary N) is 1. The number of likely N-dealkylation sites (tertiary alicyclic amines) is 1. The minimum absolute atomic E-state index is 0.0483. The number of nitrogens with two attached hydrogens (primary N) is 1. The van der Waals surface area contributed by atoms with E-state index < -0.39 is 5.91 Å². The molecule has 0 aromatic heterocycles. The molecule has 2 rings (SSSR count). The third kappa shape index (κ3) is 10.4. The average molecular weight is 504 g/mol. The summed E-state index contributed by atoms with van der Waals surface area (Å²) in [5.41, 5.74) is 7.10. The van der Waals surface area contributed by atoms with E-state index in [1.54, 1.807) is 18.2 Å². The first-order valence-electron chi connectivity index (χ1n) is 12.9. The van der Waals surface area contributed by atoms with Crippen molar-refractivity contribution in [2.45, 2.75) is 46.0 Å². The van der Waals surface area contributed by atoms with Gasteiger partial charge in [0.05, 0.1) is 19.6 Å². The van der Waals surface area contributed by atoms with Crippen LogP contribution in [0.1, 0.15) is 45.1 Å². The number of hydrogen-bond donors (Lipinski definition) is 2. The SMILES string of the molecule is C=C1CCCN1CCCN(CC(N)=O)C(=O)CN(CCC(C)C)C(=O)CNCCc1ccccc1F. The Morgan fingerprint density at radius 2 is 1.86 bits per heavy atom. The fourth-order valence-corrected chi connectivity index (χ4v) is 4.19. The smallest absolute Gasteiger partial charge is 0.242 e. The minimum Gasteiger partial charge on any atom is -0.375 e. The number of primary amides is 1. The van der Waals surface area contributed by atoms with Crippen LogP contribution in [0, 0.1) is 11.7 Å². The molecular formula is C27H42FN5O3. The Morgan fingerprint density at radius 1 is 1.14 bits per heavy atom.